The number of nitrogens with zero attached hydrogens (tertiary/aromatic N) is 5. The number of carbonyl (C=O) groups excluding carboxylic acids is 1. The first-order chi connectivity index (χ1) is 8.97. The van der Waals surface area contributed by atoms with E-state index in [9.17, 15) is 4.79 Å². The molecular weight excluding hydrogens is 248 g/mol. The highest BCUT2D eigenvalue weighted by Crippen LogP contribution is 2.26. The highest BCUT2D eigenvalue weighted by molar-refractivity contribution is 5.85. The summed E-state index contributed by atoms with van der Waals surface area (Å²) in [5.74, 6) is 0.444. The predicted octanol–water partition coefficient (Wildman–Crippen LogP) is 0.0663. The largest absolute Gasteiger partial charge is 0.479 e. The van der Waals surface area contributed by atoms with Gasteiger partial charge in [0.2, 0.25) is 17.7 Å². The van der Waals surface area contributed by atoms with E-state index in [-0.39, 0.29) is 11.9 Å². The number of amides is 1. The van der Waals surface area contributed by atoms with Gasteiger partial charge in [0.25, 0.3) is 0 Å². The Morgan fingerprint density at radius 3 is 2.74 bits per heavy atom. The normalized spacial score (nSPS) is 12.4. The molecule has 2 rings (SSSR count). The summed E-state index contributed by atoms with van der Waals surface area (Å²) in [5.41, 5.74) is 6.80. The van der Waals surface area contributed by atoms with E-state index >= 15 is 0 Å². The lowest BCUT2D eigenvalue weighted by Crippen LogP contribution is -2.30. The van der Waals surface area contributed by atoms with Crippen LogP contribution in [0.25, 0.3) is 11.2 Å². The van der Waals surface area contributed by atoms with Crippen molar-refractivity contribution in [3.05, 3.63) is 6.33 Å². The van der Waals surface area contributed by atoms with Crippen molar-refractivity contribution in [1.82, 2.24) is 24.4 Å². The SMILES string of the molecule is COc1ncnc2c1nc(N)n2C(C)C(=O)N(C)C. The lowest BCUT2D eigenvalue weighted by molar-refractivity contribution is -0.131. The Hall–Kier alpha value is -2.38. The number of hydrogen-bond acceptors (Lipinski definition) is 6. The summed E-state index contributed by atoms with van der Waals surface area (Å²) in [5, 5.41) is 0. The van der Waals surface area contributed by atoms with E-state index in [0.29, 0.717) is 17.0 Å². The van der Waals surface area contributed by atoms with Crippen LogP contribution in [-0.2, 0) is 4.79 Å². The van der Waals surface area contributed by atoms with Gasteiger partial charge in [0, 0.05) is 14.1 Å². The molecule has 0 aliphatic rings. The molecule has 2 N–H and O–H groups in total. The first-order valence-electron chi connectivity index (χ1n) is 5.71. The minimum atomic E-state index is -0.500. The molecule has 19 heavy (non-hydrogen) atoms. The van der Waals surface area contributed by atoms with Crippen molar-refractivity contribution >= 4 is 23.0 Å². The number of ether oxygens (including phenoxy) is 1. The van der Waals surface area contributed by atoms with Gasteiger partial charge in [-0.05, 0) is 6.92 Å². The third-order valence-corrected chi connectivity index (χ3v) is 2.85. The number of fused-ring (bicyclic) bond motifs is 1. The maximum absolute atomic E-state index is 12.0. The second-order valence-electron chi connectivity index (χ2n) is 4.30. The van der Waals surface area contributed by atoms with Crippen LogP contribution < -0.4 is 10.5 Å². The van der Waals surface area contributed by atoms with Crippen molar-refractivity contribution in [2.75, 3.05) is 26.9 Å². The maximum atomic E-state index is 12.0. The van der Waals surface area contributed by atoms with E-state index in [1.54, 1.807) is 25.6 Å². The number of nitrogen functional groups attached to an aromatic ring is 1. The highest BCUT2D eigenvalue weighted by atomic mass is 16.5. The zero-order valence-corrected chi connectivity index (χ0v) is 11.3. The van der Waals surface area contributed by atoms with E-state index in [4.69, 9.17) is 10.5 Å². The Labute approximate surface area is 110 Å². The van der Waals surface area contributed by atoms with Crippen LogP contribution in [0.2, 0.25) is 0 Å². The van der Waals surface area contributed by atoms with Gasteiger partial charge in [-0.2, -0.15) is 4.98 Å². The number of nitrogens with two attached hydrogens (primary N) is 1. The Morgan fingerprint density at radius 1 is 1.47 bits per heavy atom. The summed E-state index contributed by atoms with van der Waals surface area (Å²) in [4.78, 5) is 25.8. The highest BCUT2D eigenvalue weighted by Gasteiger charge is 2.24. The molecule has 1 unspecified atom stereocenters. The minimum Gasteiger partial charge on any atom is -0.479 e. The van der Waals surface area contributed by atoms with Crippen LogP contribution in [-0.4, -0.2) is 51.5 Å². The van der Waals surface area contributed by atoms with E-state index in [0.717, 1.165) is 0 Å². The number of likely N-dealkylation sites (N-methyl/N-ethyl adjacent to an activating group) is 1. The van der Waals surface area contributed by atoms with Crippen LogP contribution in [0.15, 0.2) is 6.33 Å². The molecule has 2 aromatic rings. The monoisotopic (exact) mass is 264 g/mol. The topological polar surface area (TPSA) is 99.2 Å². The van der Waals surface area contributed by atoms with E-state index in [1.807, 2.05) is 0 Å². The maximum Gasteiger partial charge on any atom is 0.245 e. The molecule has 0 fully saturated rings. The van der Waals surface area contributed by atoms with Gasteiger partial charge in [-0.15, -0.1) is 0 Å². The molecule has 0 bridgehead atoms. The number of aromatic nitrogens is 4. The number of rotatable bonds is 3. The average Bonchev–Trinajstić information content (AvgIpc) is 2.72. The quantitative estimate of drug-likeness (QED) is 0.842. The lowest BCUT2D eigenvalue weighted by Gasteiger charge is -2.19. The van der Waals surface area contributed by atoms with E-state index in [1.165, 1.54) is 18.3 Å². The summed E-state index contributed by atoms with van der Waals surface area (Å²) < 4.78 is 6.68. The third kappa shape index (κ3) is 2.05. The first kappa shape index (κ1) is 13.1. The molecule has 0 aliphatic carbocycles. The molecule has 1 atom stereocenters. The number of anilines is 1. The van der Waals surface area contributed by atoms with Crippen LogP contribution in [0, 0.1) is 0 Å². The summed E-state index contributed by atoms with van der Waals surface area (Å²) >= 11 is 0. The molecule has 2 heterocycles. The Balaban J connectivity index is 2.61. The number of imidazole rings is 1. The van der Waals surface area contributed by atoms with Gasteiger partial charge < -0.3 is 15.4 Å². The standard InChI is InChI=1S/C11H16N6O2/c1-6(10(18)16(2)3)17-8-7(15-11(17)12)9(19-4)14-5-13-8/h5-6H,1-4H3,(H2,12,15). The summed E-state index contributed by atoms with van der Waals surface area (Å²) in [7, 11) is 4.86. The summed E-state index contributed by atoms with van der Waals surface area (Å²) in [6.07, 6.45) is 1.35. The summed E-state index contributed by atoms with van der Waals surface area (Å²) in [6, 6.07) is -0.500. The molecule has 1 amide bonds. The molecule has 0 spiro atoms. The van der Waals surface area contributed by atoms with Crippen LogP contribution in [0.4, 0.5) is 5.95 Å². The van der Waals surface area contributed by atoms with Crippen LogP contribution in [0.5, 0.6) is 5.88 Å². The van der Waals surface area contributed by atoms with Gasteiger partial charge in [-0.1, -0.05) is 0 Å². The van der Waals surface area contributed by atoms with E-state index < -0.39 is 6.04 Å². The Morgan fingerprint density at radius 2 is 2.16 bits per heavy atom. The zero-order chi connectivity index (χ0) is 14.2. The molecule has 0 saturated heterocycles. The van der Waals surface area contributed by atoms with Crippen LogP contribution in [0.3, 0.4) is 0 Å². The van der Waals surface area contributed by atoms with Crippen molar-refractivity contribution in [1.29, 1.82) is 0 Å². The molecule has 2 aromatic heterocycles. The van der Waals surface area contributed by atoms with Crippen LogP contribution in [0.1, 0.15) is 13.0 Å². The van der Waals surface area contributed by atoms with Crippen molar-refractivity contribution < 1.29 is 9.53 Å². The van der Waals surface area contributed by atoms with Gasteiger partial charge >= 0.3 is 0 Å². The number of methoxy groups -OCH3 is 1. The third-order valence-electron chi connectivity index (χ3n) is 2.85. The Kier molecular flexibility index (Phi) is 3.24. The first-order valence-corrected chi connectivity index (χ1v) is 5.71. The molecule has 0 aliphatic heterocycles. The van der Waals surface area contributed by atoms with Gasteiger partial charge in [-0.25, -0.2) is 9.97 Å². The fraction of sp³-hybridized carbons (Fsp3) is 0.455. The van der Waals surface area contributed by atoms with Gasteiger partial charge in [-0.3, -0.25) is 9.36 Å². The fourth-order valence-electron chi connectivity index (χ4n) is 1.92. The molecule has 0 aromatic carbocycles. The number of hydrogen-bond donors (Lipinski definition) is 1. The molecule has 8 nitrogen and oxygen atoms in total. The average molecular weight is 264 g/mol. The smallest absolute Gasteiger partial charge is 0.245 e. The van der Waals surface area contributed by atoms with Crippen molar-refractivity contribution in [3.8, 4) is 5.88 Å². The van der Waals surface area contributed by atoms with Gasteiger partial charge in [0.15, 0.2) is 11.2 Å². The second-order valence-corrected chi connectivity index (χ2v) is 4.30. The predicted molar refractivity (Wildman–Crippen MR) is 69.7 cm³/mol. The lowest BCUT2D eigenvalue weighted by atomic mass is 10.3. The molecule has 0 saturated carbocycles. The minimum absolute atomic E-state index is 0.0939. The van der Waals surface area contributed by atoms with Crippen molar-refractivity contribution in [2.24, 2.45) is 0 Å². The van der Waals surface area contributed by atoms with Crippen LogP contribution >= 0.6 is 0 Å². The summed E-state index contributed by atoms with van der Waals surface area (Å²) in [6.45, 7) is 1.74. The molecule has 0 radical (unpaired) electrons. The van der Waals surface area contributed by atoms with Gasteiger partial charge in [0.05, 0.1) is 7.11 Å². The molecule has 8 heteroatoms. The molecular formula is C11H16N6O2. The van der Waals surface area contributed by atoms with E-state index in [2.05, 4.69) is 15.0 Å². The fourth-order valence-corrected chi connectivity index (χ4v) is 1.92. The molecule has 102 valence electrons. The second kappa shape index (κ2) is 4.71. The Bertz CT molecular complexity index is 621. The zero-order valence-electron chi connectivity index (χ0n) is 11.3. The van der Waals surface area contributed by atoms with Gasteiger partial charge in [0.1, 0.15) is 12.4 Å². The van der Waals surface area contributed by atoms with Crippen molar-refractivity contribution in [2.45, 2.75) is 13.0 Å². The van der Waals surface area contributed by atoms with Crippen molar-refractivity contribution in [3.63, 3.8) is 0 Å². The number of carbonyl (C=O) groups is 1.